The molecule has 0 radical (unpaired) electrons. The van der Waals surface area contributed by atoms with Crippen LogP contribution in [0.25, 0.3) is 10.8 Å². The molecular formula is C20H18FN3O2. The van der Waals surface area contributed by atoms with E-state index in [1.807, 2.05) is 13.0 Å². The van der Waals surface area contributed by atoms with Gasteiger partial charge in [-0.15, -0.1) is 0 Å². The van der Waals surface area contributed by atoms with Gasteiger partial charge in [-0.25, -0.2) is 9.49 Å². The second-order valence-electron chi connectivity index (χ2n) is 6.63. The van der Waals surface area contributed by atoms with Crippen LogP contribution in [0.1, 0.15) is 23.2 Å². The molecule has 0 bridgehead atoms. The van der Waals surface area contributed by atoms with Gasteiger partial charge < -0.3 is 4.90 Å². The normalized spacial score (nSPS) is 13.7. The van der Waals surface area contributed by atoms with Crippen LogP contribution in [0.4, 0.5) is 10.1 Å². The SMILES string of the molecule is Cc1cc(F)c2c(c1)CCCN2C(=O)Cc1n[nH]c(=O)c2ccccc12. The Morgan fingerprint density at radius 2 is 2.04 bits per heavy atom. The summed E-state index contributed by atoms with van der Waals surface area (Å²) in [5, 5.41) is 7.63. The summed E-state index contributed by atoms with van der Waals surface area (Å²) in [5.41, 5.74) is 2.29. The first-order valence-electron chi connectivity index (χ1n) is 8.60. The summed E-state index contributed by atoms with van der Waals surface area (Å²) in [4.78, 5) is 26.3. The van der Waals surface area contributed by atoms with E-state index >= 15 is 0 Å². The van der Waals surface area contributed by atoms with Crippen molar-refractivity contribution in [2.45, 2.75) is 26.2 Å². The zero-order chi connectivity index (χ0) is 18.3. The molecule has 1 aromatic heterocycles. The number of carbonyl (C=O) groups is 1. The minimum Gasteiger partial charge on any atom is -0.309 e. The molecule has 1 aliphatic rings. The Bertz CT molecular complexity index is 1070. The van der Waals surface area contributed by atoms with Gasteiger partial charge in [-0.2, -0.15) is 5.10 Å². The van der Waals surface area contributed by atoms with Crippen LogP contribution >= 0.6 is 0 Å². The van der Waals surface area contributed by atoms with Crippen LogP contribution in [-0.4, -0.2) is 22.6 Å². The Morgan fingerprint density at radius 1 is 1.27 bits per heavy atom. The lowest BCUT2D eigenvalue weighted by atomic mass is 9.98. The lowest BCUT2D eigenvalue weighted by Crippen LogP contribution is -2.37. The molecule has 0 saturated heterocycles. The van der Waals surface area contributed by atoms with Crippen LogP contribution in [0.2, 0.25) is 0 Å². The molecule has 2 aromatic carbocycles. The number of aromatic amines is 1. The molecule has 132 valence electrons. The zero-order valence-corrected chi connectivity index (χ0v) is 14.4. The van der Waals surface area contributed by atoms with Gasteiger partial charge >= 0.3 is 0 Å². The predicted molar refractivity (Wildman–Crippen MR) is 97.9 cm³/mol. The average molecular weight is 351 g/mol. The van der Waals surface area contributed by atoms with E-state index in [2.05, 4.69) is 10.2 Å². The summed E-state index contributed by atoms with van der Waals surface area (Å²) in [6, 6.07) is 10.4. The second-order valence-corrected chi connectivity index (χ2v) is 6.63. The molecule has 5 nitrogen and oxygen atoms in total. The Morgan fingerprint density at radius 3 is 2.85 bits per heavy atom. The number of nitrogens with one attached hydrogen (secondary N) is 1. The summed E-state index contributed by atoms with van der Waals surface area (Å²) < 4.78 is 14.5. The average Bonchev–Trinajstić information content (AvgIpc) is 2.63. The first-order chi connectivity index (χ1) is 12.5. The molecule has 6 heteroatoms. The van der Waals surface area contributed by atoms with Crippen LogP contribution in [0.3, 0.4) is 0 Å². The largest absolute Gasteiger partial charge is 0.309 e. The molecule has 26 heavy (non-hydrogen) atoms. The van der Waals surface area contributed by atoms with Crippen molar-refractivity contribution in [3.8, 4) is 0 Å². The number of anilines is 1. The summed E-state index contributed by atoms with van der Waals surface area (Å²) in [7, 11) is 0. The number of carbonyl (C=O) groups excluding carboxylic acids is 1. The van der Waals surface area contributed by atoms with Gasteiger partial charge in [-0.3, -0.25) is 9.59 Å². The lowest BCUT2D eigenvalue weighted by molar-refractivity contribution is -0.118. The first-order valence-corrected chi connectivity index (χ1v) is 8.60. The number of amides is 1. The van der Waals surface area contributed by atoms with E-state index in [-0.39, 0.29) is 23.7 Å². The standard InChI is InChI=1S/C20H18FN3O2/c1-12-9-13-5-4-8-24(19(13)16(21)10-12)18(25)11-17-14-6-2-3-7-15(14)20(26)23-22-17/h2-3,6-7,9-10H,4-5,8,11H2,1H3,(H,23,26). The van der Waals surface area contributed by atoms with Crippen LogP contribution in [0, 0.1) is 12.7 Å². The third-order valence-electron chi connectivity index (χ3n) is 4.78. The second kappa shape index (κ2) is 6.37. The lowest BCUT2D eigenvalue weighted by Gasteiger charge is -2.30. The quantitative estimate of drug-likeness (QED) is 0.772. The van der Waals surface area contributed by atoms with Gasteiger partial charge in [0.25, 0.3) is 5.56 Å². The summed E-state index contributed by atoms with van der Waals surface area (Å²) in [5.74, 6) is -0.592. The predicted octanol–water partition coefficient (Wildman–Crippen LogP) is 2.89. The van der Waals surface area contributed by atoms with Crippen molar-refractivity contribution in [1.29, 1.82) is 0 Å². The van der Waals surface area contributed by atoms with Gasteiger partial charge in [0.05, 0.1) is 23.2 Å². The number of fused-ring (bicyclic) bond motifs is 2. The van der Waals surface area contributed by atoms with Gasteiger partial charge in [0.1, 0.15) is 5.82 Å². The maximum Gasteiger partial charge on any atom is 0.272 e. The zero-order valence-electron chi connectivity index (χ0n) is 14.4. The molecule has 0 aliphatic carbocycles. The van der Waals surface area contributed by atoms with E-state index in [0.717, 1.165) is 24.0 Å². The minimum absolute atomic E-state index is 0.00402. The van der Waals surface area contributed by atoms with Crippen molar-refractivity contribution >= 4 is 22.4 Å². The topological polar surface area (TPSA) is 66.1 Å². The highest BCUT2D eigenvalue weighted by Crippen LogP contribution is 2.31. The smallest absolute Gasteiger partial charge is 0.272 e. The van der Waals surface area contributed by atoms with Gasteiger partial charge in [0.15, 0.2) is 0 Å². The Kier molecular flexibility index (Phi) is 4.03. The highest BCUT2D eigenvalue weighted by Gasteiger charge is 2.27. The molecule has 0 saturated carbocycles. The summed E-state index contributed by atoms with van der Waals surface area (Å²) in [6.07, 6.45) is 1.56. The number of hydrogen-bond donors (Lipinski definition) is 1. The third kappa shape index (κ3) is 2.77. The fourth-order valence-electron chi connectivity index (χ4n) is 3.63. The Balaban J connectivity index is 1.71. The number of rotatable bonds is 2. The number of nitrogens with zero attached hydrogens (tertiary/aromatic N) is 2. The summed E-state index contributed by atoms with van der Waals surface area (Å²) >= 11 is 0. The van der Waals surface area contributed by atoms with E-state index in [1.165, 1.54) is 11.0 Å². The fourth-order valence-corrected chi connectivity index (χ4v) is 3.63. The van der Waals surface area contributed by atoms with Crippen molar-refractivity contribution < 1.29 is 9.18 Å². The highest BCUT2D eigenvalue weighted by molar-refractivity contribution is 5.98. The van der Waals surface area contributed by atoms with Crippen molar-refractivity contribution in [1.82, 2.24) is 10.2 Å². The molecule has 4 rings (SSSR count). The van der Waals surface area contributed by atoms with Crippen molar-refractivity contribution in [2.75, 3.05) is 11.4 Å². The number of halogens is 1. The monoisotopic (exact) mass is 351 g/mol. The number of benzene rings is 2. The van der Waals surface area contributed by atoms with E-state index in [4.69, 9.17) is 0 Å². The molecule has 0 atom stereocenters. The van der Waals surface area contributed by atoms with Crippen molar-refractivity contribution in [3.05, 3.63) is 69.4 Å². The van der Waals surface area contributed by atoms with Crippen LogP contribution in [0.5, 0.6) is 0 Å². The number of aryl methyl sites for hydroxylation is 2. The van der Waals surface area contributed by atoms with Gasteiger partial charge in [0.2, 0.25) is 5.91 Å². The molecule has 0 spiro atoms. The molecule has 2 heterocycles. The molecule has 3 aromatic rings. The highest BCUT2D eigenvalue weighted by atomic mass is 19.1. The number of H-pyrrole nitrogens is 1. The van der Waals surface area contributed by atoms with Gasteiger partial charge in [0, 0.05) is 11.9 Å². The van der Waals surface area contributed by atoms with E-state index in [0.29, 0.717) is 28.7 Å². The first kappa shape index (κ1) is 16.4. The molecule has 1 N–H and O–H groups in total. The molecule has 1 amide bonds. The minimum atomic E-state index is -0.368. The third-order valence-corrected chi connectivity index (χ3v) is 4.78. The maximum absolute atomic E-state index is 14.5. The van der Waals surface area contributed by atoms with Crippen LogP contribution in [0.15, 0.2) is 41.2 Å². The number of hydrogen-bond acceptors (Lipinski definition) is 3. The molecular weight excluding hydrogens is 333 g/mol. The van der Waals surface area contributed by atoms with Gasteiger partial charge in [-0.1, -0.05) is 24.3 Å². The number of aromatic nitrogens is 2. The van der Waals surface area contributed by atoms with E-state index in [9.17, 15) is 14.0 Å². The Labute approximate surface area is 149 Å². The Hall–Kier alpha value is -3.02. The molecule has 0 unspecified atom stereocenters. The fraction of sp³-hybridized carbons (Fsp3) is 0.250. The summed E-state index contributed by atoms with van der Waals surface area (Å²) in [6.45, 7) is 2.33. The molecule has 0 fully saturated rings. The maximum atomic E-state index is 14.5. The van der Waals surface area contributed by atoms with Gasteiger partial charge in [-0.05, 0) is 43.0 Å². The van der Waals surface area contributed by atoms with Crippen LogP contribution < -0.4 is 10.5 Å². The molecule has 1 aliphatic heterocycles. The van der Waals surface area contributed by atoms with E-state index < -0.39 is 0 Å². The van der Waals surface area contributed by atoms with E-state index in [1.54, 1.807) is 24.3 Å². The van der Waals surface area contributed by atoms with Crippen molar-refractivity contribution in [3.63, 3.8) is 0 Å². The van der Waals surface area contributed by atoms with Crippen LogP contribution in [-0.2, 0) is 17.6 Å². The van der Waals surface area contributed by atoms with Crippen molar-refractivity contribution in [2.24, 2.45) is 0 Å².